The molecule has 0 N–H and O–H groups in total. The molecule has 0 aliphatic heterocycles. The lowest BCUT2D eigenvalue weighted by atomic mass is 10.0. The number of benzene rings is 2. The fourth-order valence-electron chi connectivity index (χ4n) is 3.87. The van der Waals surface area contributed by atoms with Crippen LogP contribution in [0.3, 0.4) is 0 Å². The molecule has 0 aliphatic carbocycles. The molecule has 2 aromatic heterocycles. The molecule has 2 aromatic carbocycles. The van der Waals surface area contributed by atoms with E-state index in [2.05, 4.69) is 59.6 Å². The third-order valence-electron chi connectivity index (χ3n) is 5.42. The van der Waals surface area contributed by atoms with Crippen LogP contribution in [0.25, 0.3) is 10.9 Å². The van der Waals surface area contributed by atoms with Crippen LogP contribution in [-0.4, -0.2) is 10.4 Å². The smallest absolute Gasteiger partial charge is 0.227 e. The molecular formula is C25H25N2O+. The number of nitrogens with zero attached hydrogens (tertiary/aromatic N) is 2. The van der Waals surface area contributed by atoms with Gasteiger partial charge in [-0.15, -0.1) is 0 Å². The van der Waals surface area contributed by atoms with E-state index in [9.17, 15) is 4.79 Å². The van der Waals surface area contributed by atoms with Crippen LogP contribution in [0.4, 0.5) is 0 Å². The van der Waals surface area contributed by atoms with E-state index in [4.69, 9.17) is 0 Å². The topological polar surface area (TPSA) is 25.9 Å². The van der Waals surface area contributed by atoms with E-state index in [1.54, 1.807) is 0 Å². The molecule has 2 heterocycles. The molecule has 0 bridgehead atoms. The van der Waals surface area contributed by atoms with E-state index < -0.39 is 0 Å². The summed E-state index contributed by atoms with van der Waals surface area (Å²) in [4.78, 5) is 12.7. The quantitative estimate of drug-likeness (QED) is 0.374. The van der Waals surface area contributed by atoms with E-state index in [0.29, 0.717) is 6.54 Å². The number of rotatable bonds is 5. The lowest BCUT2D eigenvalue weighted by Crippen LogP contribution is -2.40. The Morgan fingerprint density at radius 2 is 1.68 bits per heavy atom. The van der Waals surface area contributed by atoms with Gasteiger partial charge >= 0.3 is 0 Å². The minimum Gasteiger partial charge on any atom is -0.345 e. The molecule has 0 spiro atoms. The number of carbonyl (C=O) groups excluding carboxylic acids is 1. The minimum atomic E-state index is 0.131. The first-order chi connectivity index (χ1) is 13.5. The molecule has 0 fully saturated rings. The number of carbonyl (C=O) groups is 1. The second kappa shape index (κ2) is 7.43. The molecule has 3 nitrogen and oxygen atoms in total. The van der Waals surface area contributed by atoms with Gasteiger partial charge in [-0.3, -0.25) is 4.79 Å². The second-order valence-corrected chi connectivity index (χ2v) is 7.51. The van der Waals surface area contributed by atoms with Gasteiger partial charge in [-0.05, 0) is 24.5 Å². The van der Waals surface area contributed by atoms with Crippen LogP contribution in [0.2, 0.25) is 0 Å². The normalized spacial score (nSPS) is 11.1. The molecule has 0 radical (unpaired) electrons. The van der Waals surface area contributed by atoms with Crippen molar-refractivity contribution in [2.45, 2.75) is 26.8 Å². The zero-order valence-electron chi connectivity index (χ0n) is 16.6. The zero-order chi connectivity index (χ0) is 19.7. The fraction of sp³-hybridized carbons (Fsp3) is 0.200. The molecule has 3 heteroatoms. The summed E-state index contributed by atoms with van der Waals surface area (Å²) in [5, 5.41) is 1.25. The highest BCUT2D eigenvalue weighted by Gasteiger charge is 2.20. The summed E-state index contributed by atoms with van der Waals surface area (Å²) < 4.78 is 4.23. The van der Waals surface area contributed by atoms with Crippen molar-refractivity contribution in [2.75, 3.05) is 0 Å². The first kappa shape index (κ1) is 18.2. The maximum atomic E-state index is 12.7. The molecule has 0 atom stereocenters. The molecule has 140 valence electrons. The average Bonchev–Trinajstić information content (AvgIpc) is 3.01. The van der Waals surface area contributed by atoms with Gasteiger partial charge in [0.2, 0.25) is 18.0 Å². The van der Waals surface area contributed by atoms with Crippen LogP contribution in [0, 0.1) is 13.8 Å². The Morgan fingerprint density at radius 3 is 2.39 bits per heavy atom. The Kier molecular flexibility index (Phi) is 4.82. The predicted octanol–water partition coefficient (Wildman–Crippen LogP) is 4.56. The number of aryl methyl sites for hydroxylation is 3. The number of ketones is 1. The van der Waals surface area contributed by atoms with Crippen LogP contribution in [0.5, 0.6) is 0 Å². The summed E-state index contributed by atoms with van der Waals surface area (Å²) in [5.74, 6) is 0.131. The number of hydrogen-bond acceptors (Lipinski definition) is 1. The maximum Gasteiger partial charge on any atom is 0.227 e. The highest BCUT2D eigenvalue weighted by Crippen LogP contribution is 2.24. The van der Waals surface area contributed by atoms with E-state index in [1.807, 2.05) is 43.5 Å². The van der Waals surface area contributed by atoms with Crippen molar-refractivity contribution >= 4 is 16.7 Å². The van der Waals surface area contributed by atoms with E-state index in [0.717, 1.165) is 23.2 Å². The van der Waals surface area contributed by atoms with Crippen LogP contribution in [-0.2, 0) is 20.0 Å². The van der Waals surface area contributed by atoms with Gasteiger partial charge in [0.1, 0.15) is 5.52 Å². The minimum absolute atomic E-state index is 0.131. The van der Waals surface area contributed by atoms with Crippen molar-refractivity contribution in [1.82, 2.24) is 4.57 Å². The summed E-state index contributed by atoms with van der Waals surface area (Å²) in [6.45, 7) is 4.48. The summed E-state index contributed by atoms with van der Waals surface area (Å²) in [7, 11) is 2.08. The zero-order valence-corrected chi connectivity index (χ0v) is 16.6. The van der Waals surface area contributed by atoms with Gasteiger partial charge in [0.05, 0.1) is 0 Å². The number of fused-ring (bicyclic) bond motifs is 1. The van der Waals surface area contributed by atoms with Gasteiger partial charge < -0.3 is 4.57 Å². The fourth-order valence-corrected chi connectivity index (χ4v) is 3.87. The van der Waals surface area contributed by atoms with Gasteiger partial charge in [0.15, 0.2) is 6.20 Å². The summed E-state index contributed by atoms with van der Waals surface area (Å²) in [6.07, 6.45) is 5.15. The summed E-state index contributed by atoms with van der Waals surface area (Å²) >= 11 is 0. The lowest BCUT2D eigenvalue weighted by Gasteiger charge is -2.05. The van der Waals surface area contributed by atoms with E-state index in [1.165, 1.54) is 22.0 Å². The highest BCUT2D eigenvalue weighted by molar-refractivity contribution is 5.95. The summed E-state index contributed by atoms with van der Waals surface area (Å²) in [5.41, 5.74) is 6.83. The highest BCUT2D eigenvalue weighted by atomic mass is 16.1. The van der Waals surface area contributed by atoms with Crippen molar-refractivity contribution in [3.8, 4) is 0 Å². The maximum absolute atomic E-state index is 12.7. The Hall–Kier alpha value is -3.20. The third-order valence-corrected chi connectivity index (χ3v) is 5.42. The third kappa shape index (κ3) is 3.48. The standard InChI is InChI=1S/C25H25N2O/c1-18-9-11-21(12-10-18)24(28)17-27-14-13-23-22(15-20-7-5-4-6-8-20)16-26(3)25(23)19(27)2/h4-14,16H,15,17H2,1-3H3/q+1. The molecule has 4 rings (SSSR count). The first-order valence-electron chi connectivity index (χ1n) is 9.63. The molecule has 0 saturated heterocycles. The molecule has 4 aromatic rings. The van der Waals surface area contributed by atoms with Gasteiger partial charge in [-0.1, -0.05) is 60.2 Å². The predicted molar refractivity (Wildman–Crippen MR) is 113 cm³/mol. The van der Waals surface area contributed by atoms with Gasteiger partial charge in [0, 0.05) is 37.2 Å². The van der Waals surface area contributed by atoms with Gasteiger partial charge in [0.25, 0.3) is 0 Å². The molecule has 0 unspecified atom stereocenters. The molecule has 0 aliphatic rings. The van der Waals surface area contributed by atoms with Crippen molar-refractivity contribution in [2.24, 2.45) is 7.05 Å². The van der Waals surface area contributed by atoms with Crippen molar-refractivity contribution in [1.29, 1.82) is 0 Å². The lowest BCUT2D eigenvalue weighted by molar-refractivity contribution is -0.687. The molecule has 28 heavy (non-hydrogen) atoms. The number of Topliss-reactive ketones (excluding diaryl/α,β-unsaturated/α-hetero) is 1. The van der Waals surface area contributed by atoms with Crippen LogP contribution in [0.1, 0.15) is 32.7 Å². The first-order valence-corrected chi connectivity index (χ1v) is 9.63. The Labute approximate surface area is 165 Å². The second-order valence-electron chi connectivity index (χ2n) is 7.51. The van der Waals surface area contributed by atoms with Crippen molar-refractivity contribution in [3.05, 3.63) is 101 Å². The van der Waals surface area contributed by atoms with Crippen molar-refractivity contribution in [3.63, 3.8) is 0 Å². The largest absolute Gasteiger partial charge is 0.345 e. The Balaban J connectivity index is 1.66. The van der Waals surface area contributed by atoms with Crippen molar-refractivity contribution < 1.29 is 9.36 Å². The SMILES string of the molecule is Cc1ccc(C(=O)C[n+]2ccc3c(Cc4ccccc4)cn(C)c3c2C)cc1. The van der Waals surface area contributed by atoms with Crippen LogP contribution in [0.15, 0.2) is 73.1 Å². The Morgan fingerprint density at radius 1 is 0.964 bits per heavy atom. The van der Waals surface area contributed by atoms with Gasteiger partial charge in [-0.25, -0.2) is 0 Å². The number of pyridine rings is 1. The molecular weight excluding hydrogens is 344 g/mol. The Bertz CT molecular complexity index is 1140. The van der Waals surface area contributed by atoms with E-state index >= 15 is 0 Å². The van der Waals surface area contributed by atoms with Gasteiger partial charge in [-0.2, -0.15) is 4.57 Å². The monoisotopic (exact) mass is 369 g/mol. The number of aromatic nitrogens is 2. The molecule has 0 amide bonds. The average molecular weight is 369 g/mol. The molecule has 0 saturated carbocycles. The van der Waals surface area contributed by atoms with E-state index in [-0.39, 0.29) is 5.78 Å². The number of hydrogen-bond donors (Lipinski definition) is 0. The van der Waals surface area contributed by atoms with Crippen LogP contribution >= 0.6 is 0 Å². The van der Waals surface area contributed by atoms with Crippen LogP contribution < -0.4 is 4.57 Å². The summed E-state index contributed by atoms with van der Waals surface area (Å²) in [6, 6.07) is 20.5.